The first-order valence-electron chi connectivity index (χ1n) is 23.2. The average Bonchev–Trinajstić information content (AvgIpc) is 3.15. The molecule has 0 aromatic heterocycles. The summed E-state index contributed by atoms with van der Waals surface area (Å²) in [4.78, 5) is 12.5. The quantitative estimate of drug-likeness (QED) is 0.0272. The Morgan fingerprint density at radius 1 is 0.453 bits per heavy atom. The zero-order valence-electron chi connectivity index (χ0n) is 35.1. The van der Waals surface area contributed by atoms with Crippen LogP contribution < -0.4 is 5.32 Å². The molecule has 6 N–H and O–H groups in total. The Morgan fingerprint density at radius 3 is 1.21 bits per heavy atom. The first-order valence-corrected chi connectivity index (χ1v) is 23.2. The summed E-state index contributed by atoms with van der Waals surface area (Å²) in [6.07, 6.45) is 40.9. The number of aliphatic hydroxyl groups is 5. The van der Waals surface area contributed by atoms with Crippen molar-refractivity contribution in [2.24, 2.45) is 0 Å². The zero-order chi connectivity index (χ0) is 39.0. The fourth-order valence-electron chi connectivity index (χ4n) is 7.28. The van der Waals surface area contributed by atoms with E-state index in [1.807, 2.05) is 6.08 Å². The van der Waals surface area contributed by atoms with Crippen LogP contribution in [0.2, 0.25) is 0 Å². The van der Waals surface area contributed by atoms with E-state index < -0.39 is 43.0 Å². The molecule has 0 bridgehead atoms. The van der Waals surface area contributed by atoms with Gasteiger partial charge in [0.1, 0.15) is 6.10 Å². The molecule has 0 aromatic carbocycles. The van der Waals surface area contributed by atoms with Crippen LogP contribution in [0.4, 0.5) is 0 Å². The van der Waals surface area contributed by atoms with Crippen molar-refractivity contribution in [2.45, 2.75) is 269 Å². The van der Waals surface area contributed by atoms with Gasteiger partial charge < -0.3 is 30.8 Å². The molecule has 0 aliphatic heterocycles. The van der Waals surface area contributed by atoms with Crippen molar-refractivity contribution in [1.29, 1.82) is 0 Å². The van der Waals surface area contributed by atoms with Crippen LogP contribution in [0.25, 0.3) is 0 Å². The Balaban J connectivity index is 3.82. The van der Waals surface area contributed by atoms with Crippen molar-refractivity contribution in [3.8, 4) is 0 Å². The SMILES string of the molecule is CCCCCCCCCCCCCCCCCCC=CCCC(O)C(O)CC(O)C(CO)NC(=O)C(O)CCCCCCCCCCCCCCCC. The summed E-state index contributed by atoms with van der Waals surface area (Å²) >= 11 is 0. The van der Waals surface area contributed by atoms with Crippen molar-refractivity contribution in [1.82, 2.24) is 5.32 Å². The maximum atomic E-state index is 12.5. The van der Waals surface area contributed by atoms with Gasteiger partial charge in [-0.3, -0.25) is 4.79 Å². The number of hydrogen-bond donors (Lipinski definition) is 6. The maximum absolute atomic E-state index is 12.5. The molecule has 0 fully saturated rings. The highest BCUT2D eigenvalue weighted by Crippen LogP contribution is 2.17. The van der Waals surface area contributed by atoms with Crippen molar-refractivity contribution >= 4 is 5.91 Å². The molecule has 7 nitrogen and oxygen atoms in total. The van der Waals surface area contributed by atoms with Crippen molar-refractivity contribution in [3.05, 3.63) is 12.2 Å². The molecule has 316 valence electrons. The van der Waals surface area contributed by atoms with Crippen LogP contribution in [-0.2, 0) is 4.79 Å². The first-order chi connectivity index (χ1) is 25.9. The Morgan fingerprint density at radius 2 is 0.811 bits per heavy atom. The molecule has 5 atom stereocenters. The molecule has 0 spiro atoms. The topological polar surface area (TPSA) is 130 Å². The number of rotatable bonds is 42. The zero-order valence-corrected chi connectivity index (χ0v) is 35.1. The molecule has 1 amide bonds. The highest BCUT2D eigenvalue weighted by atomic mass is 16.3. The summed E-state index contributed by atoms with van der Waals surface area (Å²) in [5.41, 5.74) is 0. The number of amides is 1. The van der Waals surface area contributed by atoms with E-state index in [9.17, 15) is 30.3 Å². The summed E-state index contributed by atoms with van der Waals surface area (Å²) in [5, 5.41) is 54.0. The van der Waals surface area contributed by atoms with Gasteiger partial charge in [-0.25, -0.2) is 0 Å². The number of aliphatic hydroxyl groups excluding tert-OH is 5. The highest BCUT2D eigenvalue weighted by Gasteiger charge is 2.28. The van der Waals surface area contributed by atoms with Crippen LogP contribution >= 0.6 is 0 Å². The fraction of sp³-hybridized carbons (Fsp3) is 0.935. The Bertz CT molecular complexity index is 779. The molecule has 5 unspecified atom stereocenters. The summed E-state index contributed by atoms with van der Waals surface area (Å²) in [6.45, 7) is 4.01. The fourth-order valence-corrected chi connectivity index (χ4v) is 7.28. The molecule has 53 heavy (non-hydrogen) atoms. The maximum Gasteiger partial charge on any atom is 0.249 e. The molecule has 0 saturated heterocycles. The molecule has 0 aliphatic carbocycles. The third-order valence-electron chi connectivity index (χ3n) is 11.1. The number of allylic oxidation sites excluding steroid dienone is 2. The van der Waals surface area contributed by atoms with Gasteiger partial charge in [-0.05, 0) is 32.1 Å². The monoisotopic (exact) mass is 754 g/mol. The first kappa shape index (κ1) is 52.0. The van der Waals surface area contributed by atoms with Gasteiger partial charge in [0.2, 0.25) is 5.91 Å². The van der Waals surface area contributed by atoms with Crippen LogP contribution in [0.15, 0.2) is 12.2 Å². The van der Waals surface area contributed by atoms with Crippen molar-refractivity contribution in [2.75, 3.05) is 6.61 Å². The average molecular weight is 754 g/mol. The number of carbonyl (C=O) groups is 1. The molecule has 7 heteroatoms. The van der Waals surface area contributed by atoms with Gasteiger partial charge in [-0.15, -0.1) is 0 Å². The van der Waals surface area contributed by atoms with Gasteiger partial charge in [0, 0.05) is 6.42 Å². The largest absolute Gasteiger partial charge is 0.394 e. The standard InChI is InChI=1S/C46H91NO6/c1-3-5-7-9-11-13-15-17-19-20-21-22-23-24-26-27-29-31-33-35-37-42(49)45(52)39-44(51)41(40-48)47-46(53)43(50)38-36-34-32-30-28-25-18-16-14-12-10-8-6-4-2/h31,33,41-45,48-52H,3-30,32,34-40H2,1-2H3,(H,47,53). The lowest BCUT2D eigenvalue weighted by atomic mass is 9.98. The minimum absolute atomic E-state index is 0.176. The van der Waals surface area contributed by atoms with Gasteiger partial charge in [0.05, 0.1) is 31.0 Å². The lowest BCUT2D eigenvalue weighted by molar-refractivity contribution is -0.132. The van der Waals surface area contributed by atoms with E-state index >= 15 is 0 Å². The molecule has 0 radical (unpaired) electrons. The van der Waals surface area contributed by atoms with Crippen LogP contribution in [0.3, 0.4) is 0 Å². The lowest BCUT2D eigenvalue weighted by Crippen LogP contribution is -2.50. The Kier molecular flexibility index (Phi) is 39.9. The number of carbonyl (C=O) groups excluding carboxylic acids is 1. The van der Waals surface area contributed by atoms with Gasteiger partial charge in [-0.1, -0.05) is 212 Å². The second kappa shape index (κ2) is 40.7. The van der Waals surface area contributed by atoms with E-state index in [1.165, 1.54) is 173 Å². The van der Waals surface area contributed by atoms with E-state index in [2.05, 4.69) is 25.2 Å². The molecule has 0 aliphatic rings. The van der Waals surface area contributed by atoms with Crippen LogP contribution in [0, 0.1) is 0 Å². The third-order valence-corrected chi connectivity index (χ3v) is 11.1. The van der Waals surface area contributed by atoms with Crippen LogP contribution in [0.5, 0.6) is 0 Å². The summed E-state index contributed by atoms with van der Waals surface area (Å²) in [7, 11) is 0. The van der Waals surface area contributed by atoms with E-state index in [0.29, 0.717) is 19.3 Å². The second-order valence-electron chi connectivity index (χ2n) is 16.3. The van der Waals surface area contributed by atoms with Crippen LogP contribution in [-0.4, -0.2) is 68.5 Å². The Labute approximate surface area is 328 Å². The summed E-state index contributed by atoms with van der Waals surface area (Å²) in [6, 6.07) is -1.02. The van der Waals surface area contributed by atoms with Gasteiger partial charge in [0.25, 0.3) is 0 Å². The lowest BCUT2D eigenvalue weighted by Gasteiger charge is -2.27. The molecular formula is C46H91NO6. The third kappa shape index (κ3) is 35.2. The van der Waals surface area contributed by atoms with E-state index in [1.54, 1.807) is 0 Å². The summed E-state index contributed by atoms with van der Waals surface area (Å²) < 4.78 is 0. The molecule has 0 rings (SSSR count). The number of unbranched alkanes of at least 4 members (excludes halogenated alkanes) is 29. The van der Waals surface area contributed by atoms with Gasteiger partial charge in [-0.2, -0.15) is 0 Å². The predicted octanol–water partition coefficient (Wildman–Crippen LogP) is 11.2. The summed E-state index contributed by atoms with van der Waals surface area (Å²) in [5.74, 6) is -0.623. The normalized spacial score (nSPS) is 14.8. The number of hydrogen-bond acceptors (Lipinski definition) is 6. The smallest absolute Gasteiger partial charge is 0.249 e. The van der Waals surface area contributed by atoms with Gasteiger partial charge in [0.15, 0.2) is 0 Å². The molecular weight excluding hydrogens is 663 g/mol. The van der Waals surface area contributed by atoms with E-state index in [0.717, 1.165) is 25.7 Å². The Hall–Kier alpha value is -0.990. The van der Waals surface area contributed by atoms with Gasteiger partial charge >= 0.3 is 0 Å². The predicted molar refractivity (Wildman–Crippen MR) is 225 cm³/mol. The minimum atomic E-state index is -1.24. The molecule has 0 saturated carbocycles. The van der Waals surface area contributed by atoms with Crippen molar-refractivity contribution < 1.29 is 30.3 Å². The highest BCUT2D eigenvalue weighted by molar-refractivity contribution is 5.80. The van der Waals surface area contributed by atoms with E-state index in [-0.39, 0.29) is 6.42 Å². The van der Waals surface area contributed by atoms with Crippen molar-refractivity contribution in [3.63, 3.8) is 0 Å². The minimum Gasteiger partial charge on any atom is -0.394 e. The van der Waals surface area contributed by atoms with Crippen LogP contribution in [0.1, 0.15) is 239 Å². The van der Waals surface area contributed by atoms with E-state index in [4.69, 9.17) is 0 Å². The second-order valence-corrected chi connectivity index (χ2v) is 16.3. The molecule has 0 heterocycles. The molecule has 0 aromatic rings. The number of nitrogens with one attached hydrogen (secondary N) is 1.